The molecule has 1 aliphatic heterocycles. The maximum absolute atomic E-state index is 13.5. The maximum atomic E-state index is 13.5. The summed E-state index contributed by atoms with van der Waals surface area (Å²) in [5, 5.41) is 1.59. The van der Waals surface area contributed by atoms with Crippen LogP contribution in [0.25, 0.3) is 32.8 Å². The van der Waals surface area contributed by atoms with Gasteiger partial charge in [0.25, 0.3) is 5.56 Å². The molecule has 0 N–H and O–H groups in total. The second-order valence-corrected chi connectivity index (χ2v) is 10.7. The molecule has 0 spiro atoms. The van der Waals surface area contributed by atoms with E-state index in [1.165, 1.54) is 4.57 Å². The van der Waals surface area contributed by atoms with Gasteiger partial charge in [0.2, 0.25) is 0 Å². The molecule has 4 heterocycles. The van der Waals surface area contributed by atoms with Gasteiger partial charge in [-0.3, -0.25) is 28.0 Å². The van der Waals surface area contributed by atoms with Crippen molar-refractivity contribution in [3.63, 3.8) is 0 Å². The number of benzene rings is 2. The summed E-state index contributed by atoms with van der Waals surface area (Å²) in [7, 11) is 1.74. The van der Waals surface area contributed by atoms with Gasteiger partial charge in [0, 0.05) is 56.0 Å². The highest BCUT2D eigenvalue weighted by atomic mass is 16.2. The molecule has 0 bridgehead atoms. The molecule has 5 aromatic rings. The Hall–Kier alpha value is -4.14. The smallest absolute Gasteiger partial charge is 0.331 e. The van der Waals surface area contributed by atoms with E-state index in [0.717, 1.165) is 38.9 Å². The SMILES string of the molecule is CCn1c(=O)n(CC)c2cc3c(N4CCC(n5c(=O)c6cc(C)ccc6n(C)c5=O)CC4)cc(C)nc3cc21. The van der Waals surface area contributed by atoms with Crippen LogP contribution in [0, 0.1) is 13.8 Å². The van der Waals surface area contributed by atoms with E-state index in [2.05, 4.69) is 17.0 Å². The summed E-state index contributed by atoms with van der Waals surface area (Å²) in [6.45, 7) is 10.5. The summed E-state index contributed by atoms with van der Waals surface area (Å²) in [4.78, 5) is 46.8. The molecule has 1 saturated heterocycles. The molecule has 202 valence electrons. The van der Waals surface area contributed by atoms with Crippen molar-refractivity contribution >= 4 is 38.5 Å². The van der Waals surface area contributed by atoms with Crippen LogP contribution in [0.1, 0.15) is 44.0 Å². The quantitative estimate of drug-likeness (QED) is 0.355. The first-order chi connectivity index (χ1) is 18.7. The van der Waals surface area contributed by atoms with Gasteiger partial charge in [-0.1, -0.05) is 11.6 Å². The van der Waals surface area contributed by atoms with Gasteiger partial charge in [0.15, 0.2) is 0 Å². The van der Waals surface area contributed by atoms with Crippen molar-refractivity contribution in [1.29, 1.82) is 0 Å². The molecule has 1 aliphatic rings. The van der Waals surface area contributed by atoms with Crippen LogP contribution in [0.2, 0.25) is 0 Å². The maximum Gasteiger partial charge on any atom is 0.331 e. The second-order valence-electron chi connectivity index (χ2n) is 10.7. The first kappa shape index (κ1) is 25.2. The first-order valence-corrected chi connectivity index (χ1v) is 13.7. The van der Waals surface area contributed by atoms with Crippen LogP contribution in [-0.4, -0.2) is 36.3 Å². The Kier molecular flexibility index (Phi) is 5.97. The van der Waals surface area contributed by atoms with Gasteiger partial charge in [-0.05, 0) is 70.9 Å². The van der Waals surface area contributed by atoms with E-state index in [1.807, 2.05) is 56.5 Å². The molecule has 6 rings (SSSR count). The molecule has 0 radical (unpaired) electrons. The number of pyridine rings is 1. The molecule has 9 heteroatoms. The Bertz CT molecular complexity index is 1950. The summed E-state index contributed by atoms with van der Waals surface area (Å²) in [6, 6.07) is 11.7. The van der Waals surface area contributed by atoms with E-state index < -0.39 is 0 Å². The second kappa shape index (κ2) is 9.25. The lowest BCUT2D eigenvalue weighted by Crippen LogP contribution is -2.45. The van der Waals surface area contributed by atoms with Crippen molar-refractivity contribution in [2.75, 3.05) is 18.0 Å². The fourth-order valence-corrected chi connectivity index (χ4v) is 6.30. The summed E-state index contributed by atoms with van der Waals surface area (Å²) >= 11 is 0. The largest absolute Gasteiger partial charge is 0.371 e. The number of aryl methyl sites for hydroxylation is 5. The van der Waals surface area contributed by atoms with Crippen LogP contribution in [0.15, 0.2) is 50.8 Å². The molecule has 0 unspecified atom stereocenters. The monoisotopic (exact) mass is 526 g/mol. The van der Waals surface area contributed by atoms with Gasteiger partial charge in [-0.25, -0.2) is 9.59 Å². The Morgan fingerprint density at radius 2 is 1.49 bits per heavy atom. The number of nitrogens with zero attached hydrogens (tertiary/aromatic N) is 6. The van der Waals surface area contributed by atoms with E-state index >= 15 is 0 Å². The topological polar surface area (TPSA) is 87.1 Å². The minimum atomic E-state index is -0.264. The third kappa shape index (κ3) is 3.82. The third-order valence-electron chi connectivity index (χ3n) is 8.31. The lowest BCUT2D eigenvalue weighted by molar-refractivity contribution is 0.372. The van der Waals surface area contributed by atoms with Crippen molar-refractivity contribution in [1.82, 2.24) is 23.3 Å². The lowest BCUT2D eigenvalue weighted by Gasteiger charge is -2.35. The summed E-state index contributed by atoms with van der Waals surface area (Å²) < 4.78 is 6.67. The average Bonchev–Trinajstić information content (AvgIpc) is 3.19. The van der Waals surface area contributed by atoms with E-state index in [4.69, 9.17) is 4.98 Å². The van der Waals surface area contributed by atoms with Crippen LogP contribution in [0.4, 0.5) is 5.69 Å². The van der Waals surface area contributed by atoms with Crippen molar-refractivity contribution in [2.45, 2.75) is 59.7 Å². The molecule has 0 atom stereocenters. The Balaban J connectivity index is 1.40. The van der Waals surface area contributed by atoms with Crippen LogP contribution in [-0.2, 0) is 20.1 Å². The molecule has 9 nitrogen and oxygen atoms in total. The summed E-state index contributed by atoms with van der Waals surface area (Å²) in [5.41, 5.74) is 5.86. The first-order valence-electron chi connectivity index (χ1n) is 13.7. The van der Waals surface area contributed by atoms with Crippen molar-refractivity contribution < 1.29 is 0 Å². The van der Waals surface area contributed by atoms with Crippen LogP contribution in [0.5, 0.6) is 0 Å². The minimum absolute atomic E-state index is 0.00185. The van der Waals surface area contributed by atoms with Crippen LogP contribution in [0.3, 0.4) is 0 Å². The van der Waals surface area contributed by atoms with Gasteiger partial charge in [0.1, 0.15) is 0 Å². The van der Waals surface area contributed by atoms with Gasteiger partial charge < -0.3 is 4.90 Å². The lowest BCUT2D eigenvalue weighted by atomic mass is 10.0. The normalized spacial score (nSPS) is 14.7. The van der Waals surface area contributed by atoms with Crippen LogP contribution < -0.4 is 21.8 Å². The van der Waals surface area contributed by atoms with Gasteiger partial charge in [-0.2, -0.15) is 0 Å². The number of hydrogen-bond acceptors (Lipinski definition) is 5. The molecular weight excluding hydrogens is 492 g/mol. The van der Waals surface area contributed by atoms with E-state index in [9.17, 15) is 14.4 Å². The van der Waals surface area contributed by atoms with E-state index in [1.54, 1.807) is 16.2 Å². The predicted molar refractivity (Wildman–Crippen MR) is 156 cm³/mol. The fourth-order valence-electron chi connectivity index (χ4n) is 6.30. The summed E-state index contributed by atoms with van der Waals surface area (Å²) in [6.07, 6.45) is 1.37. The molecule has 1 fully saturated rings. The highest BCUT2D eigenvalue weighted by Crippen LogP contribution is 2.33. The van der Waals surface area contributed by atoms with Crippen molar-refractivity contribution in [2.24, 2.45) is 7.05 Å². The zero-order valence-corrected chi connectivity index (χ0v) is 23.2. The fraction of sp³-hybridized carbons (Fsp3) is 0.400. The number of aromatic nitrogens is 5. The summed E-state index contributed by atoms with van der Waals surface area (Å²) in [5.74, 6) is 0. The predicted octanol–water partition coefficient (Wildman–Crippen LogP) is 3.86. The molecule has 0 amide bonds. The Morgan fingerprint density at radius 3 is 2.15 bits per heavy atom. The number of fused-ring (bicyclic) bond motifs is 3. The van der Waals surface area contributed by atoms with Crippen molar-refractivity contribution in [3.05, 3.63) is 79.0 Å². The molecule has 0 saturated carbocycles. The van der Waals surface area contributed by atoms with E-state index in [-0.39, 0.29) is 23.0 Å². The molecule has 0 aliphatic carbocycles. The average molecular weight is 527 g/mol. The minimum Gasteiger partial charge on any atom is -0.371 e. The van der Waals surface area contributed by atoms with Gasteiger partial charge in [0.05, 0.1) is 27.5 Å². The Labute approximate surface area is 225 Å². The van der Waals surface area contributed by atoms with Gasteiger partial charge >= 0.3 is 11.4 Å². The Morgan fingerprint density at radius 1 is 0.821 bits per heavy atom. The number of hydrogen-bond donors (Lipinski definition) is 0. The number of imidazole rings is 1. The van der Waals surface area contributed by atoms with Crippen LogP contribution >= 0.6 is 0 Å². The standard InChI is InChI=1S/C30H34N6O3/c1-6-34-26-16-21-23(17-27(26)35(7-2)30(34)39)31-19(4)15-25(21)33-12-10-20(11-13-33)36-28(37)22-14-18(3)8-9-24(22)32(5)29(36)38/h8-9,14-17,20H,6-7,10-13H2,1-5H3. The van der Waals surface area contributed by atoms with Gasteiger partial charge in [-0.15, -0.1) is 0 Å². The van der Waals surface area contributed by atoms with E-state index in [0.29, 0.717) is 49.9 Å². The number of piperidine rings is 1. The molecule has 2 aromatic carbocycles. The zero-order chi connectivity index (χ0) is 27.6. The highest BCUT2D eigenvalue weighted by Gasteiger charge is 2.26. The number of anilines is 1. The molecule has 3 aromatic heterocycles. The highest BCUT2D eigenvalue weighted by molar-refractivity contribution is 6.00. The zero-order valence-electron chi connectivity index (χ0n) is 23.2. The molecular formula is C30H34N6O3. The van der Waals surface area contributed by atoms with Crippen molar-refractivity contribution in [3.8, 4) is 0 Å². The molecule has 39 heavy (non-hydrogen) atoms. The third-order valence-corrected chi connectivity index (χ3v) is 8.31. The number of rotatable bonds is 4.